The predicted octanol–water partition coefficient (Wildman–Crippen LogP) is 2.00. The monoisotopic (exact) mass is 238 g/mol. The first-order chi connectivity index (χ1) is 8.36. The molecule has 17 heavy (non-hydrogen) atoms. The van der Waals surface area contributed by atoms with Crippen molar-refractivity contribution in [2.75, 3.05) is 26.4 Å². The normalized spacial score (nSPS) is 10.5. The van der Waals surface area contributed by atoms with Crippen LogP contribution in [0.25, 0.3) is 0 Å². The first-order valence-electron chi connectivity index (χ1n) is 6.23. The van der Waals surface area contributed by atoms with E-state index in [1.54, 1.807) is 6.20 Å². The summed E-state index contributed by atoms with van der Waals surface area (Å²) in [7, 11) is 0. The summed E-state index contributed by atoms with van der Waals surface area (Å²) >= 11 is 0. The first-order valence-corrected chi connectivity index (χ1v) is 6.23. The van der Waals surface area contributed by atoms with Gasteiger partial charge in [-0.3, -0.25) is 4.98 Å². The van der Waals surface area contributed by atoms with Crippen LogP contribution in [0.1, 0.15) is 26.0 Å². The molecule has 1 aromatic heterocycles. The third-order valence-electron chi connectivity index (χ3n) is 2.19. The summed E-state index contributed by atoms with van der Waals surface area (Å²) in [5, 5.41) is 3.23. The molecular weight excluding hydrogens is 216 g/mol. The minimum absolute atomic E-state index is 0.588. The van der Waals surface area contributed by atoms with Crippen LogP contribution in [0.15, 0.2) is 18.3 Å². The number of hydrogen-bond acceptors (Lipinski definition) is 4. The van der Waals surface area contributed by atoms with E-state index in [4.69, 9.17) is 9.47 Å². The topological polar surface area (TPSA) is 43.4 Å². The highest BCUT2D eigenvalue weighted by molar-refractivity contribution is 5.22. The highest BCUT2D eigenvalue weighted by Crippen LogP contribution is 2.10. The van der Waals surface area contributed by atoms with Crippen LogP contribution in [-0.2, 0) is 11.3 Å². The molecule has 0 aliphatic carbocycles. The number of aromatic nitrogens is 1. The summed E-state index contributed by atoms with van der Waals surface area (Å²) < 4.78 is 10.9. The number of nitrogens with zero attached hydrogens (tertiary/aromatic N) is 1. The van der Waals surface area contributed by atoms with Crippen LogP contribution in [0.2, 0.25) is 0 Å². The Morgan fingerprint density at radius 3 is 2.88 bits per heavy atom. The summed E-state index contributed by atoms with van der Waals surface area (Å²) in [4.78, 5) is 4.26. The van der Waals surface area contributed by atoms with Crippen molar-refractivity contribution in [1.82, 2.24) is 10.3 Å². The summed E-state index contributed by atoms with van der Waals surface area (Å²) in [5.41, 5.74) is 0.999. The van der Waals surface area contributed by atoms with Gasteiger partial charge in [-0.05, 0) is 19.0 Å². The quantitative estimate of drug-likeness (QED) is 0.668. The standard InChI is InChI=1S/C13H22N2O2/c1-3-7-16-8-9-17-13-5-6-15-12(10-13)11-14-4-2/h5-6,10,14H,3-4,7-9,11H2,1-2H3. The van der Waals surface area contributed by atoms with Gasteiger partial charge in [0.2, 0.25) is 0 Å². The smallest absolute Gasteiger partial charge is 0.122 e. The summed E-state index contributed by atoms with van der Waals surface area (Å²) in [6, 6.07) is 3.83. The number of rotatable bonds is 9. The Balaban J connectivity index is 2.27. The lowest BCUT2D eigenvalue weighted by molar-refractivity contribution is 0.101. The molecule has 0 spiro atoms. The largest absolute Gasteiger partial charge is 0.491 e. The molecule has 96 valence electrons. The van der Waals surface area contributed by atoms with Gasteiger partial charge in [0.15, 0.2) is 0 Å². The Hall–Kier alpha value is -1.13. The van der Waals surface area contributed by atoms with Gasteiger partial charge in [0, 0.05) is 25.4 Å². The van der Waals surface area contributed by atoms with Gasteiger partial charge in [0.25, 0.3) is 0 Å². The lowest BCUT2D eigenvalue weighted by Crippen LogP contribution is -2.13. The van der Waals surface area contributed by atoms with E-state index in [-0.39, 0.29) is 0 Å². The molecule has 0 atom stereocenters. The maximum Gasteiger partial charge on any atom is 0.122 e. The highest BCUT2D eigenvalue weighted by Gasteiger charge is 1.98. The zero-order valence-corrected chi connectivity index (χ0v) is 10.7. The van der Waals surface area contributed by atoms with E-state index in [1.807, 2.05) is 12.1 Å². The van der Waals surface area contributed by atoms with Crippen molar-refractivity contribution in [2.45, 2.75) is 26.8 Å². The molecule has 0 unspecified atom stereocenters. The lowest BCUT2D eigenvalue weighted by atomic mass is 10.3. The van der Waals surface area contributed by atoms with Gasteiger partial charge in [-0.2, -0.15) is 0 Å². The number of ether oxygens (including phenoxy) is 2. The first kappa shape index (κ1) is 13.9. The van der Waals surface area contributed by atoms with Crippen molar-refractivity contribution in [2.24, 2.45) is 0 Å². The van der Waals surface area contributed by atoms with Gasteiger partial charge in [-0.25, -0.2) is 0 Å². The number of pyridine rings is 1. The van der Waals surface area contributed by atoms with Crippen molar-refractivity contribution in [3.05, 3.63) is 24.0 Å². The van der Waals surface area contributed by atoms with E-state index < -0.39 is 0 Å². The van der Waals surface area contributed by atoms with Crippen molar-refractivity contribution >= 4 is 0 Å². The molecule has 0 aliphatic heterocycles. The van der Waals surface area contributed by atoms with Crippen molar-refractivity contribution in [3.63, 3.8) is 0 Å². The molecule has 0 amide bonds. The van der Waals surface area contributed by atoms with Crippen LogP contribution in [0.4, 0.5) is 0 Å². The number of nitrogens with one attached hydrogen (secondary N) is 1. The summed E-state index contributed by atoms with van der Waals surface area (Å²) in [6.07, 6.45) is 2.82. The fourth-order valence-electron chi connectivity index (χ4n) is 1.36. The molecule has 0 aliphatic rings. The summed E-state index contributed by atoms with van der Waals surface area (Å²) in [5.74, 6) is 0.855. The Morgan fingerprint density at radius 1 is 1.24 bits per heavy atom. The van der Waals surface area contributed by atoms with Crippen LogP contribution >= 0.6 is 0 Å². The zero-order chi connectivity index (χ0) is 12.3. The van der Waals surface area contributed by atoms with E-state index in [1.165, 1.54) is 0 Å². The van der Waals surface area contributed by atoms with Crippen molar-refractivity contribution in [1.29, 1.82) is 0 Å². The Kier molecular flexibility index (Phi) is 7.34. The van der Waals surface area contributed by atoms with Gasteiger partial charge < -0.3 is 14.8 Å². The van der Waals surface area contributed by atoms with E-state index in [2.05, 4.69) is 24.1 Å². The fraction of sp³-hybridized carbons (Fsp3) is 0.615. The van der Waals surface area contributed by atoms with E-state index in [9.17, 15) is 0 Å². The molecule has 0 aromatic carbocycles. The molecule has 1 aromatic rings. The zero-order valence-electron chi connectivity index (χ0n) is 10.7. The molecular formula is C13H22N2O2. The molecule has 0 saturated heterocycles. The van der Waals surface area contributed by atoms with E-state index in [0.29, 0.717) is 13.2 Å². The van der Waals surface area contributed by atoms with Crippen molar-refractivity contribution < 1.29 is 9.47 Å². The van der Waals surface area contributed by atoms with Gasteiger partial charge in [0.1, 0.15) is 12.4 Å². The van der Waals surface area contributed by atoms with Gasteiger partial charge in [-0.15, -0.1) is 0 Å². The highest BCUT2D eigenvalue weighted by atomic mass is 16.5. The molecule has 0 fully saturated rings. The van der Waals surface area contributed by atoms with Crippen LogP contribution in [0.3, 0.4) is 0 Å². The van der Waals surface area contributed by atoms with Gasteiger partial charge >= 0.3 is 0 Å². The third-order valence-corrected chi connectivity index (χ3v) is 2.19. The second kappa shape index (κ2) is 8.96. The Morgan fingerprint density at radius 2 is 2.12 bits per heavy atom. The fourth-order valence-corrected chi connectivity index (χ4v) is 1.36. The molecule has 0 radical (unpaired) electrons. The molecule has 4 nitrogen and oxygen atoms in total. The SMILES string of the molecule is CCCOCCOc1ccnc(CNCC)c1. The second-order valence-electron chi connectivity index (χ2n) is 3.72. The van der Waals surface area contributed by atoms with E-state index >= 15 is 0 Å². The van der Waals surface area contributed by atoms with Crippen LogP contribution in [0.5, 0.6) is 5.75 Å². The van der Waals surface area contributed by atoms with Crippen LogP contribution in [0, 0.1) is 0 Å². The van der Waals surface area contributed by atoms with Crippen LogP contribution < -0.4 is 10.1 Å². The molecule has 1 heterocycles. The molecule has 0 bridgehead atoms. The average Bonchev–Trinajstić information content (AvgIpc) is 2.37. The second-order valence-corrected chi connectivity index (χ2v) is 3.72. The van der Waals surface area contributed by atoms with Crippen LogP contribution in [-0.4, -0.2) is 31.3 Å². The minimum atomic E-state index is 0.588. The third kappa shape index (κ3) is 6.24. The Bertz CT molecular complexity index is 305. The molecule has 4 heteroatoms. The molecule has 1 N–H and O–H groups in total. The van der Waals surface area contributed by atoms with E-state index in [0.717, 1.165) is 37.6 Å². The van der Waals surface area contributed by atoms with Gasteiger partial charge in [0.05, 0.1) is 12.3 Å². The molecule has 1 rings (SSSR count). The lowest BCUT2D eigenvalue weighted by Gasteiger charge is -2.08. The maximum atomic E-state index is 5.58. The number of hydrogen-bond donors (Lipinski definition) is 1. The maximum absolute atomic E-state index is 5.58. The summed E-state index contributed by atoms with van der Waals surface area (Å²) in [6.45, 7) is 7.91. The van der Waals surface area contributed by atoms with Crippen molar-refractivity contribution in [3.8, 4) is 5.75 Å². The molecule has 0 saturated carbocycles. The minimum Gasteiger partial charge on any atom is -0.491 e. The van der Waals surface area contributed by atoms with Gasteiger partial charge in [-0.1, -0.05) is 13.8 Å². The average molecular weight is 238 g/mol. The Labute approximate surface area is 103 Å². The predicted molar refractivity (Wildman–Crippen MR) is 68.2 cm³/mol.